The van der Waals surface area contributed by atoms with Crippen LogP contribution in [0.1, 0.15) is 37.3 Å². The molecule has 0 amide bonds. The number of halogens is 2. The van der Waals surface area contributed by atoms with E-state index in [1.165, 1.54) is 16.4 Å². The quantitative estimate of drug-likeness (QED) is 0.859. The number of rotatable bonds is 3. The number of hydrogen-bond donors (Lipinski definition) is 0. The van der Waals surface area contributed by atoms with Crippen molar-refractivity contribution in [2.24, 2.45) is 0 Å². The largest absolute Gasteiger partial charge is 0.270 e. The SMILES string of the molecule is Cc1cc(C(C)(F)F)cc(S(=O)(=O)N2CCCCC2)c1. The number of alkyl halides is 2. The highest BCUT2D eigenvalue weighted by molar-refractivity contribution is 7.89. The van der Waals surface area contributed by atoms with Crippen LogP contribution in [0.25, 0.3) is 0 Å². The summed E-state index contributed by atoms with van der Waals surface area (Å²) < 4.78 is 53.3. The second-order valence-electron chi connectivity index (χ2n) is 5.39. The third kappa shape index (κ3) is 3.17. The van der Waals surface area contributed by atoms with Gasteiger partial charge < -0.3 is 0 Å². The second kappa shape index (κ2) is 5.41. The smallest absolute Gasteiger partial charge is 0.207 e. The maximum Gasteiger partial charge on any atom is 0.270 e. The Kier molecular flexibility index (Phi) is 4.16. The minimum Gasteiger partial charge on any atom is -0.207 e. The molecule has 0 aliphatic carbocycles. The van der Waals surface area contributed by atoms with E-state index >= 15 is 0 Å². The molecule has 112 valence electrons. The third-order valence-corrected chi connectivity index (χ3v) is 5.39. The van der Waals surface area contributed by atoms with Crippen LogP contribution in [0.15, 0.2) is 23.1 Å². The van der Waals surface area contributed by atoms with Gasteiger partial charge in [-0.15, -0.1) is 0 Å². The molecule has 1 aromatic rings. The van der Waals surface area contributed by atoms with Gasteiger partial charge in [0, 0.05) is 25.6 Å². The summed E-state index contributed by atoms with van der Waals surface area (Å²) in [4.78, 5) is -0.0316. The Morgan fingerprint density at radius 2 is 1.70 bits per heavy atom. The molecule has 0 radical (unpaired) electrons. The lowest BCUT2D eigenvalue weighted by Gasteiger charge is -2.26. The van der Waals surface area contributed by atoms with Crippen LogP contribution in [0.2, 0.25) is 0 Å². The van der Waals surface area contributed by atoms with E-state index in [1.807, 2.05) is 0 Å². The molecule has 0 atom stereocenters. The van der Waals surface area contributed by atoms with Crippen LogP contribution in [0.3, 0.4) is 0 Å². The normalized spacial score (nSPS) is 18.2. The van der Waals surface area contributed by atoms with E-state index in [4.69, 9.17) is 0 Å². The first kappa shape index (κ1) is 15.4. The standard InChI is InChI=1S/C14H19F2NO2S/c1-11-8-12(14(2,15)16)10-13(9-11)20(18,19)17-6-4-3-5-7-17/h8-10H,3-7H2,1-2H3. The van der Waals surface area contributed by atoms with Crippen molar-refractivity contribution in [3.63, 3.8) is 0 Å². The Hall–Kier alpha value is -1.01. The lowest BCUT2D eigenvalue weighted by molar-refractivity contribution is 0.0172. The molecule has 1 fully saturated rings. The van der Waals surface area contributed by atoms with Crippen LogP contribution in [-0.4, -0.2) is 25.8 Å². The Labute approximate surface area is 118 Å². The van der Waals surface area contributed by atoms with Crippen molar-refractivity contribution in [3.05, 3.63) is 29.3 Å². The van der Waals surface area contributed by atoms with Gasteiger partial charge in [-0.2, -0.15) is 4.31 Å². The van der Waals surface area contributed by atoms with E-state index in [-0.39, 0.29) is 10.5 Å². The highest BCUT2D eigenvalue weighted by Crippen LogP contribution is 2.31. The first-order valence-corrected chi connectivity index (χ1v) is 8.15. The van der Waals surface area contributed by atoms with Gasteiger partial charge in [-0.25, -0.2) is 17.2 Å². The van der Waals surface area contributed by atoms with E-state index in [0.717, 1.165) is 32.3 Å². The Morgan fingerprint density at radius 1 is 1.10 bits per heavy atom. The highest BCUT2D eigenvalue weighted by Gasteiger charge is 2.30. The monoisotopic (exact) mass is 303 g/mol. The number of benzene rings is 1. The van der Waals surface area contributed by atoms with E-state index in [9.17, 15) is 17.2 Å². The molecule has 0 unspecified atom stereocenters. The molecule has 2 rings (SSSR count). The summed E-state index contributed by atoms with van der Waals surface area (Å²) in [6, 6.07) is 3.88. The third-order valence-electron chi connectivity index (χ3n) is 3.51. The molecule has 0 saturated carbocycles. The molecule has 0 bridgehead atoms. The van der Waals surface area contributed by atoms with Gasteiger partial charge in [-0.3, -0.25) is 0 Å². The van der Waals surface area contributed by atoms with Crippen molar-refractivity contribution in [1.82, 2.24) is 4.31 Å². The Bertz CT molecular complexity index is 588. The van der Waals surface area contributed by atoms with Crippen molar-refractivity contribution in [3.8, 4) is 0 Å². The van der Waals surface area contributed by atoms with Crippen LogP contribution in [0.4, 0.5) is 8.78 Å². The first-order chi connectivity index (χ1) is 9.21. The minimum absolute atomic E-state index is 0.0316. The molecule has 1 saturated heterocycles. The Balaban J connectivity index is 2.43. The van der Waals surface area contributed by atoms with Crippen molar-refractivity contribution >= 4 is 10.0 Å². The zero-order chi connectivity index (χ0) is 15.0. The Morgan fingerprint density at radius 3 is 2.25 bits per heavy atom. The average molecular weight is 303 g/mol. The van der Waals surface area contributed by atoms with Gasteiger partial charge in [0.25, 0.3) is 5.92 Å². The van der Waals surface area contributed by atoms with Crippen LogP contribution in [-0.2, 0) is 15.9 Å². The number of sulfonamides is 1. The molecule has 1 aromatic carbocycles. The molecule has 6 heteroatoms. The van der Waals surface area contributed by atoms with Gasteiger partial charge in [0.05, 0.1) is 4.90 Å². The number of hydrogen-bond acceptors (Lipinski definition) is 2. The highest BCUT2D eigenvalue weighted by atomic mass is 32.2. The fourth-order valence-corrected chi connectivity index (χ4v) is 4.05. The average Bonchev–Trinajstić information content (AvgIpc) is 2.38. The maximum absolute atomic E-state index is 13.4. The number of nitrogens with zero attached hydrogens (tertiary/aromatic N) is 1. The molecular weight excluding hydrogens is 284 g/mol. The van der Waals surface area contributed by atoms with Crippen LogP contribution >= 0.6 is 0 Å². The van der Waals surface area contributed by atoms with Crippen molar-refractivity contribution in [2.45, 2.75) is 43.9 Å². The van der Waals surface area contributed by atoms with E-state index in [0.29, 0.717) is 18.7 Å². The summed E-state index contributed by atoms with van der Waals surface area (Å²) in [5, 5.41) is 0. The fourth-order valence-electron chi connectivity index (χ4n) is 2.40. The van der Waals surface area contributed by atoms with Crippen LogP contribution in [0, 0.1) is 6.92 Å². The molecule has 3 nitrogen and oxygen atoms in total. The lowest BCUT2D eigenvalue weighted by atomic mass is 10.1. The summed E-state index contributed by atoms with van der Waals surface area (Å²) in [5.74, 6) is -3.04. The molecule has 20 heavy (non-hydrogen) atoms. The van der Waals surface area contributed by atoms with E-state index < -0.39 is 15.9 Å². The minimum atomic E-state index is -3.67. The molecular formula is C14H19F2NO2S. The molecule has 1 heterocycles. The zero-order valence-corrected chi connectivity index (χ0v) is 12.5. The molecule has 0 N–H and O–H groups in total. The molecule has 0 spiro atoms. The summed E-state index contributed by atoms with van der Waals surface area (Å²) in [6.45, 7) is 3.34. The van der Waals surface area contributed by atoms with E-state index in [2.05, 4.69) is 0 Å². The van der Waals surface area contributed by atoms with Crippen LogP contribution < -0.4 is 0 Å². The van der Waals surface area contributed by atoms with Crippen molar-refractivity contribution < 1.29 is 17.2 Å². The van der Waals surface area contributed by atoms with Crippen molar-refractivity contribution in [2.75, 3.05) is 13.1 Å². The molecule has 0 aromatic heterocycles. The zero-order valence-electron chi connectivity index (χ0n) is 11.7. The predicted octanol–water partition coefficient (Wildman–Crippen LogP) is 3.28. The van der Waals surface area contributed by atoms with Crippen LogP contribution in [0.5, 0.6) is 0 Å². The molecule has 1 aliphatic rings. The summed E-state index contributed by atoms with van der Waals surface area (Å²) in [7, 11) is -3.67. The van der Waals surface area contributed by atoms with E-state index in [1.54, 1.807) is 6.92 Å². The summed E-state index contributed by atoms with van der Waals surface area (Å²) >= 11 is 0. The van der Waals surface area contributed by atoms with Gasteiger partial charge in [0.1, 0.15) is 0 Å². The van der Waals surface area contributed by atoms with Crippen molar-refractivity contribution in [1.29, 1.82) is 0 Å². The topological polar surface area (TPSA) is 37.4 Å². The summed E-state index contributed by atoms with van der Waals surface area (Å²) in [5.41, 5.74) is 0.271. The second-order valence-corrected chi connectivity index (χ2v) is 7.33. The van der Waals surface area contributed by atoms with Gasteiger partial charge in [-0.1, -0.05) is 12.5 Å². The first-order valence-electron chi connectivity index (χ1n) is 6.71. The lowest BCUT2D eigenvalue weighted by Crippen LogP contribution is -2.35. The fraction of sp³-hybridized carbons (Fsp3) is 0.571. The summed E-state index contributed by atoms with van der Waals surface area (Å²) in [6.07, 6.45) is 2.65. The number of aryl methyl sites for hydroxylation is 1. The number of piperidine rings is 1. The molecule has 1 aliphatic heterocycles. The van der Waals surface area contributed by atoms with Gasteiger partial charge in [-0.05, 0) is 37.5 Å². The van der Waals surface area contributed by atoms with Gasteiger partial charge >= 0.3 is 0 Å². The van der Waals surface area contributed by atoms with Gasteiger partial charge in [0.15, 0.2) is 0 Å². The predicted molar refractivity (Wildman–Crippen MR) is 73.4 cm³/mol. The van der Waals surface area contributed by atoms with Gasteiger partial charge in [0.2, 0.25) is 10.0 Å². The maximum atomic E-state index is 13.4.